The minimum atomic E-state index is 0.898. The van der Waals surface area contributed by atoms with Gasteiger partial charge in [-0.15, -0.1) is 0 Å². The molecule has 0 fully saturated rings. The number of hydrogen-bond acceptors (Lipinski definition) is 4. The van der Waals surface area contributed by atoms with Crippen LogP contribution in [0.1, 0.15) is 22.3 Å². The molecule has 4 heterocycles. The van der Waals surface area contributed by atoms with Crippen molar-refractivity contribution in [3.8, 4) is 22.8 Å². The van der Waals surface area contributed by atoms with Crippen LogP contribution in [0.3, 0.4) is 0 Å². The first-order valence-electron chi connectivity index (χ1n) is 18.1. The molecule has 6 heteroatoms. The molecule has 0 N–H and O–H groups in total. The molecule has 8 aromatic rings. The molecule has 8 rings (SSSR count). The third-order valence-corrected chi connectivity index (χ3v) is 9.73. The Kier molecular flexibility index (Phi) is 9.48. The van der Waals surface area contributed by atoms with E-state index in [9.17, 15) is 0 Å². The maximum absolute atomic E-state index is 4.44. The summed E-state index contributed by atoms with van der Waals surface area (Å²) in [7, 11) is 8.52. The van der Waals surface area contributed by atoms with Gasteiger partial charge in [0.25, 0.3) is 0 Å². The molecule has 262 valence electrons. The van der Waals surface area contributed by atoms with Crippen molar-refractivity contribution >= 4 is 57.2 Å². The quantitative estimate of drug-likeness (QED) is 0.141. The molecule has 0 unspecified atom stereocenters. The van der Waals surface area contributed by atoms with Crippen LogP contribution in [0.25, 0.3) is 68.6 Å². The van der Waals surface area contributed by atoms with E-state index >= 15 is 0 Å². The van der Waals surface area contributed by atoms with Gasteiger partial charge in [-0.25, -0.2) is 9.13 Å². The van der Waals surface area contributed by atoms with E-state index in [-0.39, 0.29) is 0 Å². The second kappa shape index (κ2) is 15.0. The topological polar surface area (TPSA) is 40.0 Å². The van der Waals surface area contributed by atoms with Gasteiger partial charge in [0.15, 0.2) is 0 Å². The van der Waals surface area contributed by atoms with Crippen molar-refractivity contribution in [2.75, 3.05) is 38.0 Å². The van der Waals surface area contributed by atoms with Gasteiger partial charge in [0.1, 0.15) is 12.4 Å². The van der Waals surface area contributed by atoms with Crippen molar-refractivity contribution < 1.29 is 9.13 Å². The summed E-state index contributed by atoms with van der Waals surface area (Å²) in [5.41, 5.74) is 9.40. The Morgan fingerprint density at radius 3 is 1.20 bits per heavy atom. The number of nitrogens with zero attached hydrogens (tertiary/aromatic N) is 6. The SMILES string of the molecule is CN(C)c1ccc2cc(/C=C\c3cc[n+](-c4ccccn4)cc3)ccc2c1-c1c(N(C)C)ccc2cc(/C=C/c3cc[n+](-c4ccccn4)cc3)ccc12. The highest BCUT2D eigenvalue weighted by Gasteiger charge is 2.19. The van der Waals surface area contributed by atoms with Crippen LogP contribution in [0.4, 0.5) is 11.4 Å². The summed E-state index contributed by atoms with van der Waals surface area (Å²) in [5.74, 6) is 1.80. The second-order valence-corrected chi connectivity index (χ2v) is 13.8. The fourth-order valence-electron chi connectivity index (χ4n) is 6.95. The zero-order valence-corrected chi connectivity index (χ0v) is 31.0. The monoisotopic (exact) mass is 702 g/mol. The zero-order chi connectivity index (χ0) is 37.0. The molecule has 0 aliphatic heterocycles. The van der Waals surface area contributed by atoms with Crippen molar-refractivity contribution in [2.24, 2.45) is 0 Å². The lowest BCUT2D eigenvalue weighted by Gasteiger charge is -2.25. The standard InChI is InChI=1S/C48H42N6/c1-51(2)43-21-17-39-33-37(13-11-35-23-29-53(30-24-35)45-9-5-7-27-49-45)15-19-41(39)47(43)48-42-20-16-38(34-40(42)18-22-44(48)52(3)4)14-12-36-25-31-54(32-26-36)46-10-6-8-28-50-46/h5-34H,1-4H3/q+2. The summed E-state index contributed by atoms with van der Waals surface area (Å²) in [4.78, 5) is 13.3. The summed E-state index contributed by atoms with van der Waals surface area (Å²) in [5, 5.41) is 4.85. The van der Waals surface area contributed by atoms with E-state index < -0.39 is 0 Å². The van der Waals surface area contributed by atoms with Crippen molar-refractivity contribution in [1.82, 2.24) is 9.97 Å². The lowest BCUT2D eigenvalue weighted by molar-refractivity contribution is -0.599. The van der Waals surface area contributed by atoms with Crippen LogP contribution in [0.2, 0.25) is 0 Å². The van der Waals surface area contributed by atoms with E-state index in [4.69, 9.17) is 0 Å². The van der Waals surface area contributed by atoms with Crippen LogP contribution < -0.4 is 18.9 Å². The third kappa shape index (κ3) is 7.10. The number of hydrogen-bond donors (Lipinski definition) is 0. The normalized spacial score (nSPS) is 11.6. The molecule has 6 nitrogen and oxygen atoms in total. The van der Waals surface area contributed by atoms with Gasteiger partial charge in [-0.05, 0) is 114 Å². The van der Waals surface area contributed by atoms with E-state index in [1.54, 1.807) is 0 Å². The highest BCUT2D eigenvalue weighted by atomic mass is 15.1. The van der Waals surface area contributed by atoms with Gasteiger partial charge in [-0.1, -0.05) is 72.8 Å². The van der Waals surface area contributed by atoms with E-state index in [1.807, 2.05) is 82.7 Å². The lowest BCUT2D eigenvalue weighted by atomic mass is 9.89. The number of anilines is 2. The van der Waals surface area contributed by atoms with Crippen molar-refractivity contribution in [1.29, 1.82) is 0 Å². The molecule has 0 atom stereocenters. The number of fused-ring (bicyclic) bond motifs is 2. The first-order valence-corrected chi connectivity index (χ1v) is 18.1. The average Bonchev–Trinajstić information content (AvgIpc) is 3.22. The molecule has 0 spiro atoms. The van der Waals surface area contributed by atoms with Crippen LogP contribution in [0.5, 0.6) is 0 Å². The van der Waals surface area contributed by atoms with Gasteiger partial charge in [0, 0.05) is 62.8 Å². The Morgan fingerprint density at radius 2 is 0.833 bits per heavy atom. The van der Waals surface area contributed by atoms with Crippen LogP contribution in [-0.4, -0.2) is 38.2 Å². The van der Waals surface area contributed by atoms with Crippen LogP contribution >= 0.6 is 0 Å². The number of benzene rings is 4. The average molecular weight is 703 g/mol. The molecule has 0 saturated carbocycles. The Morgan fingerprint density at radius 1 is 0.426 bits per heavy atom. The molecule has 4 aromatic carbocycles. The molecule has 0 aliphatic rings. The Bertz CT molecular complexity index is 2440. The van der Waals surface area contributed by atoms with Gasteiger partial charge in [-0.3, -0.25) is 0 Å². The Hall–Kier alpha value is -6.92. The minimum Gasteiger partial charge on any atom is -0.377 e. The van der Waals surface area contributed by atoms with Gasteiger partial charge in [-0.2, -0.15) is 0 Å². The molecular formula is C48H42N6+2. The summed E-state index contributed by atoms with van der Waals surface area (Å²) >= 11 is 0. The largest absolute Gasteiger partial charge is 0.377 e. The fraction of sp³-hybridized carbons (Fsp3) is 0.0833. The number of rotatable bonds is 9. The molecule has 0 saturated heterocycles. The van der Waals surface area contributed by atoms with E-state index in [0.717, 1.165) is 33.9 Å². The predicted molar refractivity (Wildman–Crippen MR) is 225 cm³/mol. The van der Waals surface area contributed by atoms with Gasteiger partial charge in [0.2, 0.25) is 0 Å². The van der Waals surface area contributed by atoms with Crippen LogP contribution in [-0.2, 0) is 0 Å². The molecule has 54 heavy (non-hydrogen) atoms. The molecule has 0 bridgehead atoms. The molecular weight excluding hydrogens is 661 g/mol. The Balaban J connectivity index is 1.14. The maximum Gasteiger partial charge on any atom is 0.327 e. The Labute approximate surface area is 316 Å². The first kappa shape index (κ1) is 34.2. The summed E-state index contributed by atoms with van der Waals surface area (Å²) in [6.07, 6.45) is 20.5. The van der Waals surface area contributed by atoms with Crippen LogP contribution in [0, 0.1) is 0 Å². The highest BCUT2D eigenvalue weighted by molar-refractivity contribution is 6.14. The summed E-state index contributed by atoms with van der Waals surface area (Å²) < 4.78 is 4.04. The highest BCUT2D eigenvalue weighted by Crippen LogP contribution is 2.45. The van der Waals surface area contributed by atoms with Gasteiger partial charge in [0.05, 0.1) is 24.8 Å². The van der Waals surface area contributed by atoms with Crippen molar-refractivity contribution in [3.63, 3.8) is 0 Å². The lowest BCUT2D eigenvalue weighted by Crippen LogP contribution is -2.30. The summed E-state index contributed by atoms with van der Waals surface area (Å²) in [6, 6.07) is 42.9. The van der Waals surface area contributed by atoms with Crippen LogP contribution in [0.15, 0.2) is 159 Å². The number of aromatic nitrogens is 4. The molecule has 0 amide bonds. The van der Waals surface area contributed by atoms with Crippen molar-refractivity contribution in [3.05, 3.63) is 181 Å². The van der Waals surface area contributed by atoms with E-state index in [0.29, 0.717) is 0 Å². The van der Waals surface area contributed by atoms with E-state index in [2.05, 4.69) is 157 Å². The smallest absolute Gasteiger partial charge is 0.327 e. The van der Waals surface area contributed by atoms with E-state index in [1.165, 1.54) is 44.0 Å². The first-order chi connectivity index (χ1) is 26.4. The summed E-state index contributed by atoms with van der Waals surface area (Å²) in [6.45, 7) is 0. The van der Waals surface area contributed by atoms with Crippen molar-refractivity contribution in [2.45, 2.75) is 0 Å². The molecule has 4 aromatic heterocycles. The second-order valence-electron chi connectivity index (χ2n) is 13.8. The van der Waals surface area contributed by atoms with Gasteiger partial charge < -0.3 is 9.80 Å². The predicted octanol–water partition coefficient (Wildman–Crippen LogP) is 9.48. The fourth-order valence-corrected chi connectivity index (χ4v) is 6.95. The van der Waals surface area contributed by atoms with Gasteiger partial charge >= 0.3 is 11.6 Å². The number of pyridine rings is 4. The molecule has 0 aliphatic carbocycles. The third-order valence-electron chi connectivity index (χ3n) is 9.73. The molecule has 0 radical (unpaired) electrons. The zero-order valence-electron chi connectivity index (χ0n) is 31.0. The minimum absolute atomic E-state index is 0.898. The maximum atomic E-state index is 4.44.